The fourth-order valence-corrected chi connectivity index (χ4v) is 6.20. The van der Waals surface area contributed by atoms with E-state index in [1.54, 1.807) is 13.3 Å². The normalized spacial score (nSPS) is 24.3. The molecular formula is C28H32N6O. The SMILES string of the molecule is COCC1CN(c2ccc3c(c2)CN2C(C)CN(c4ccc(C#N)c5ncccc45)CC32)CCN1. The van der Waals surface area contributed by atoms with E-state index in [1.807, 2.05) is 12.1 Å². The third-order valence-corrected chi connectivity index (χ3v) is 7.88. The fraction of sp³-hybridized carbons (Fsp3) is 0.429. The molecule has 6 rings (SSSR count). The number of piperazine rings is 2. The number of nitriles is 1. The average Bonchev–Trinajstić information content (AvgIpc) is 3.27. The molecule has 180 valence electrons. The van der Waals surface area contributed by atoms with Gasteiger partial charge < -0.3 is 19.9 Å². The van der Waals surface area contributed by atoms with Crippen molar-refractivity contribution in [3.8, 4) is 6.07 Å². The summed E-state index contributed by atoms with van der Waals surface area (Å²) in [4.78, 5) is 12.2. The van der Waals surface area contributed by atoms with Crippen molar-refractivity contribution in [3.05, 3.63) is 65.4 Å². The van der Waals surface area contributed by atoms with Crippen LogP contribution in [0.2, 0.25) is 0 Å². The number of benzene rings is 2. The zero-order chi connectivity index (χ0) is 23.9. The Kier molecular flexibility index (Phi) is 5.81. The van der Waals surface area contributed by atoms with Gasteiger partial charge in [-0.3, -0.25) is 9.88 Å². The number of aromatic nitrogens is 1. The first kappa shape index (κ1) is 22.3. The molecule has 2 saturated heterocycles. The minimum absolute atomic E-state index is 0.370. The van der Waals surface area contributed by atoms with Crippen LogP contribution in [0, 0.1) is 11.3 Å². The van der Waals surface area contributed by atoms with Crippen molar-refractivity contribution in [2.24, 2.45) is 0 Å². The predicted molar refractivity (Wildman–Crippen MR) is 139 cm³/mol. The Balaban J connectivity index is 1.28. The second-order valence-corrected chi connectivity index (χ2v) is 10.0. The highest BCUT2D eigenvalue weighted by molar-refractivity contribution is 5.95. The quantitative estimate of drug-likeness (QED) is 0.630. The van der Waals surface area contributed by atoms with E-state index in [0.29, 0.717) is 23.7 Å². The zero-order valence-corrected chi connectivity index (χ0v) is 20.4. The number of nitrogens with one attached hydrogen (secondary N) is 1. The first-order valence-electron chi connectivity index (χ1n) is 12.5. The van der Waals surface area contributed by atoms with Crippen LogP contribution in [-0.2, 0) is 11.3 Å². The van der Waals surface area contributed by atoms with Gasteiger partial charge in [0, 0.05) is 81.4 Å². The summed E-state index contributed by atoms with van der Waals surface area (Å²) in [5.41, 5.74) is 6.82. The number of hydrogen-bond acceptors (Lipinski definition) is 7. The van der Waals surface area contributed by atoms with Gasteiger partial charge >= 0.3 is 0 Å². The minimum Gasteiger partial charge on any atom is -0.383 e. The third kappa shape index (κ3) is 3.92. The molecule has 0 spiro atoms. The van der Waals surface area contributed by atoms with Crippen LogP contribution in [0.5, 0.6) is 0 Å². The highest BCUT2D eigenvalue weighted by Gasteiger charge is 2.39. The number of rotatable bonds is 4. The van der Waals surface area contributed by atoms with Crippen LogP contribution < -0.4 is 15.1 Å². The zero-order valence-electron chi connectivity index (χ0n) is 20.4. The Morgan fingerprint density at radius 1 is 1.14 bits per heavy atom. The lowest BCUT2D eigenvalue weighted by Gasteiger charge is -2.44. The maximum absolute atomic E-state index is 9.55. The predicted octanol–water partition coefficient (Wildman–Crippen LogP) is 3.30. The molecule has 4 heterocycles. The highest BCUT2D eigenvalue weighted by Crippen LogP contribution is 2.42. The molecule has 7 heteroatoms. The molecule has 1 N–H and O–H groups in total. The molecule has 2 aromatic carbocycles. The molecule has 3 unspecified atom stereocenters. The van der Waals surface area contributed by atoms with Crippen LogP contribution in [0.25, 0.3) is 10.9 Å². The lowest BCUT2D eigenvalue weighted by molar-refractivity contribution is 0.134. The molecule has 0 amide bonds. The van der Waals surface area contributed by atoms with E-state index >= 15 is 0 Å². The Morgan fingerprint density at radius 2 is 2.06 bits per heavy atom. The Labute approximate surface area is 206 Å². The fourth-order valence-electron chi connectivity index (χ4n) is 6.20. The Morgan fingerprint density at radius 3 is 2.91 bits per heavy atom. The molecular weight excluding hydrogens is 436 g/mol. The van der Waals surface area contributed by atoms with E-state index < -0.39 is 0 Å². The summed E-state index contributed by atoms with van der Waals surface area (Å²) in [5, 5.41) is 14.2. The number of anilines is 2. The largest absolute Gasteiger partial charge is 0.383 e. The summed E-state index contributed by atoms with van der Waals surface area (Å²) >= 11 is 0. The van der Waals surface area contributed by atoms with E-state index in [2.05, 4.69) is 68.3 Å². The number of fused-ring (bicyclic) bond motifs is 4. The number of ether oxygens (including phenoxy) is 1. The van der Waals surface area contributed by atoms with Crippen molar-refractivity contribution in [3.63, 3.8) is 0 Å². The van der Waals surface area contributed by atoms with Crippen molar-refractivity contribution in [1.29, 1.82) is 5.26 Å². The summed E-state index contributed by atoms with van der Waals surface area (Å²) in [7, 11) is 1.77. The van der Waals surface area contributed by atoms with Gasteiger partial charge in [-0.1, -0.05) is 6.07 Å². The second-order valence-electron chi connectivity index (χ2n) is 10.0. The number of pyridine rings is 1. The first-order chi connectivity index (χ1) is 17.2. The third-order valence-electron chi connectivity index (χ3n) is 7.88. The van der Waals surface area contributed by atoms with Gasteiger partial charge in [0.25, 0.3) is 0 Å². The molecule has 3 atom stereocenters. The van der Waals surface area contributed by atoms with Gasteiger partial charge in [0.2, 0.25) is 0 Å². The van der Waals surface area contributed by atoms with Crippen LogP contribution in [0.15, 0.2) is 48.7 Å². The lowest BCUT2D eigenvalue weighted by Crippen LogP contribution is -2.52. The molecule has 0 saturated carbocycles. The van der Waals surface area contributed by atoms with Gasteiger partial charge in [-0.05, 0) is 54.4 Å². The van der Waals surface area contributed by atoms with E-state index in [4.69, 9.17) is 4.74 Å². The summed E-state index contributed by atoms with van der Waals surface area (Å²) in [6.45, 7) is 8.97. The monoisotopic (exact) mass is 468 g/mol. The maximum Gasteiger partial charge on any atom is 0.101 e. The van der Waals surface area contributed by atoms with Gasteiger partial charge in [0.15, 0.2) is 0 Å². The standard InChI is InChI=1S/C28H32N6O/c1-19-14-33(26-8-5-20(13-29)28-25(26)4-3-9-31-28)17-27-24-7-6-23(12-21(24)15-34(19)27)32-11-10-30-22(16-32)18-35-2/h3-9,12,19,22,27,30H,10-11,14-18H2,1-2H3. The van der Waals surface area contributed by atoms with E-state index in [1.165, 1.54) is 22.5 Å². The molecule has 3 aromatic rings. The molecule has 0 aliphatic carbocycles. The van der Waals surface area contributed by atoms with Crippen LogP contribution in [-0.4, -0.2) is 68.4 Å². The van der Waals surface area contributed by atoms with Crippen molar-refractivity contribution >= 4 is 22.3 Å². The summed E-state index contributed by atoms with van der Waals surface area (Å²) in [5.74, 6) is 0. The molecule has 0 bridgehead atoms. The van der Waals surface area contributed by atoms with Crippen molar-refractivity contribution < 1.29 is 4.74 Å². The van der Waals surface area contributed by atoms with E-state index in [0.717, 1.165) is 56.8 Å². The van der Waals surface area contributed by atoms with Crippen LogP contribution >= 0.6 is 0 Å². The van der Waals surface area contributed by atoms with Gasteiger partial charge in [-0.15, -0.1) is 0 Å². The molecule has 3 aliphatic rings. The van der Waals surface area contributed by atoms with Crippen LogP contribution in [0.3, 0.4) is 0 Å². The molecule has 35 heavy (non-hydrogen) atoms. The number of nitrogens with zero attached hydrogens (tertiary/aromatic N) is 5. The second kappa shape index (κ2) is 9.12. The van der Waals surface area contributed by atoms with E-state index in [-0.39, 0.29) is 0 Å². The van der Waals surface area contributed by atoms with Gasteiger partial charge in [0.1, 0.15) is 6.07 Å². The molecule has 7 nitrogen and oxygen atoms in total. The van der Waals surface area contributed by atoms with Crippen LogP contribution in [0.1, 0.15) is 29.7 Å². The van der Waals surface area contributed by atoms with Crippen molar-refractivity contribution in [1.82, 2.24) is 15.2 Å². The van der Waals surface area contributed by atoms with Crippen LogP contribution in [0.4, 0.5) is 11.4 Å². The minimum atomic E-state index is 0.370. The maximum atomic E-state index is 9.55. The topological polar surface area (TPSA) is 67.7 Å². The van der Waals surface area contributed by atoms with Crippen molar-refractivity contribution in [2.45, 2.75) is 31.6 Å². The summed E-state index contributed by atoms with van der Waals surface area (Å²) in [6, 6.07) is 18.6. The molecule has 1 aromatic heterocycles. The van der Waals surface area contributed by atoms with Gasteiger partial charge in [0.05, 0.1) is 23.7 Å². The summed E-state index contributed by atoms with van der Waals surface area (Å²) < 4.78 is 5.38. The van der Waals surface area contributed by atoms with Crippen molar-refractivity contribution in [2.75, 3.05) is 56.2 Å². The van der Waals surface area contributed by atoms with Gasteiger partial charge in [-0.25, -0.2) is 0 Å². The number of methoxy groups -OCH3 is 1. The molecule has 0 radical (unpaired) electrons. The van der Waals surface area contributed by atoms with Gasteiger partial charge in [-0.2, -0.15) is 5.26 Å². The number of hydrogen-bond donors (Lipinski definition) is 1. The lowest BCUT2D eigenvalue weighted by atomic mass is 9.99. The highest BCUT2D eigenvalue weighted by atomic mass is 16.5. The molecule has 3 aliphatic heterocycles. The Bertz CT molecular complexity index is 1280. The average molecular weight is 469 g/mol. The molecule has 2 fully saturated rings. The Hall–Kier alpha value is -3.18. The first-order valence-corrected chi connectivity index (χ1v) is 12.5. The van der Waals surface area contributed by atoms with E-state index in [9.17, 15) is 5.26 Å². The smallest absolute Gasteiger partial charge is 0.101 e. The summed E-state index contributed by atoms with van der Waals surface area (Å²) in [6.07, 6.45) is 1.77.